The first kappa shape index (κ1) is 19.3. The molecule has 0 bridgehead atoms. The lowest BCUT2D eigenvalue weighted by Gasteiger charge is -2.17. The molecule has 146 valence electrons. The third kappa shape index (κ3) is 4.85. The normalized spacial score (nSPS) is 16.0. The van der Waals surface area contributed by atoms with E-state index >= 15 is 0 Å². The van der Waals surface area contributed by atoms with Crippen LogP contribution in [0.2, 0.25) is 0 Å². The molecule has 2 heterocycles. The second kappa shape index (κ2) is 8.98. The molecule has 8 heteroatoms. The number of amides is 3. The van der Waals surface area contributed by atoms with Crippen LogP contribution in [-0.2, 0) is 20.9 Å². The number of anilines is 1. The SMILES string of the molecule is COc1ccc(N2C[C@H](C(=O)NCC(=O)NCc3cccnc3)CC2=O)cc1. The minimum Gasteiger partial charge on any atom is -0.497 e. The molecule has 1 fully saturated rings. The van der Waals surface area contributed by atoms with Gasteiger partial charge >= 0.3 is 0 Å². The van der Waals surface area contributed by atoms with Gasteiger partial charge < -0.3 is 20.3 Å². The molecule has 3 amide bonds. The maximum absolute atomic E-state index is 12.3. The van der Waals surface area contributed by atoms with Gasteiger partial charge in [0, 0.05) is 37.6 Å². The first-order valence-electron chi connectivity index (χ1n) is 8.94. The molecular weight excluding hydrogens is 360 g/mol. The van der Waals surface area contributed by atoms with Gasteiger partial charge in [0.15, 0.2) is 0 Å². The number of benzene rings is 1. The number of carbonyl (C=O) groups excluding carboxylic acids is 3. The Kier molecular flexibility index (Phi) is 6.21. The van der Waals surface area contributed by atoms with Crippen molar-refractivity contribution >= 4 is 23.4 Å². The fraction of sp³-hybridized carbons (Fsp3) is 0.300. The number of aromatic nitrogens is 1. The molecule has 2 aromatic rings. The average molecular weight is 382 g/mol. The standard InChI is InChI=1S/C20H22N4O4/c1-28-17-6-4-16(5-7-17)24-13-15(9-19(24)26)20(27)23-12-18(25)22-11-14-3-2-8-21-10-14/h2-8,10,15H,9,11-13H2,1H3,(H,22,25)(H,23,27)/t15-/m1/s1. The van der Waals surface area contributed by atoms with Crippen LogP contribution in [0.25, 0.3) is 0 Å². The number of hydrogen-bond acceptors (Lipinski definition) is 5. The van der Waals surface area contributed by atoms with E-state index in [0.717, 1.165) is 11.3 Å². The highest BCUT2D eigenvalue weighted by molar-refractivity contribution is 6.00. The van der Waals surface area contributed by atoms with Crippen LogP contribution < -0.4 is 20.3 Å². The molecule has 1 saturated heterocycles. The Morgan fingerprint density at radius 1 is 1.21 bits per heavy atom. The lowest BCUT2D eigenvalue weighted by molar-refractivity contribution is -0.129. The van der Waals surface area contributed by atoms with Gasteiger partial charge in [-0.25, -0.2) is 0 Å². The lowest BCUT2D eigenvalue weighted by atomic mass is 10.1. The van der Waals surface area contributed by atoms with Gasteiger partial charge in [-0.1, -0.05) is 6.07 Å². The van der Waals surface area contributed by atoms with Crippen LogP contribution in [0.3, 0.4) is 0 Å². The van der Waals surface area contributed by atoms with Gasteiger partial charge in [-0.05, 0) is 35.9 Å². The predicted octanol–water partition coefficient (Wildman–Crippen LogP) is 0.876. The molecule has 0 aliphatic carbocycles. The molecule has 0 unspecified atom stereocenters. The summed E-state index contributed by atoms with van der Waals surface area (Å²) in [5, 5.41) is 5.32. The van der Waals surface area contributed by atoms with E-state index in [2.05, 4.69) is 15.6 Å². The number of ether oxygens (including phenoxy) is 1. The third-order valence-corrected chi connectivity index (χ3v) is 4.52. The number of hydrogen-bond donors (Lipinski definition) is 2. The molecule has 1 atom stereocenters. The van der Waals surface area contributed by atoms with Crippen molar-refractivity contribution in [2.75, 3.05) is 25.1 Å². The van der Waals surface area contributed by atoms with Gasteiger partial charge in [0.2, 0.25) is 17.7 Å². The monoisotopic (exact) mass is 382 g/mol. The highest BCUT2D eigenvalue weighted by Gasteiger charge is 2.35. The van der Waals surface area contributed by atoms with Crippen molar-refractivity contribution in [3.63, 3.8) is 0 Å². The predicted molar refractivity (Wildman–Crippen MR) is 103 cm³/mol. The summed E-state index contributed by atoms with van der Waals surface area (Å²) in [6.07, 6.45) is 3.44. The highest BCUT2D eigenvalue weighted by Crippen LogP contribution is 2.26. The molecule has 0 spiro atoms. The summed E-state index contributed by atoms with van der Waals surface area (Å²) >= 11 is 0. The minimum atomic E-state index is -0.485. The Labute approximate surface area is 162 Å². The Bertz CT molecular complexity index is 839. The molecule has 1 aromatic heterocycles. The third-order valence-electron chi connectivity index (χ3n) is 4.52. The second-order valence-corrected chi connectivity index (χ2v) is 6.46. The molecule has 8 nitrogen and oxygen atoms in total. The van der Waals surface area contributed by atoms with Crippen LogP contribution in [0, 0.1) is 5.92 Å². The fourth-order valence-corrected chi connectivity index (χ4v) is 2.97. The van der Waals surface area contributed by atoms with Gasteiger partial charge in [-0.15, -0.1) is 0 Å². The number of pyridine rings is 1. The van der Waals surface area contributed by atoms with Gasteiger partial charge in [0.25, 0.3) is 0 Å². The Morgan fingerprint density at radius 2 is 2.00 bits per heavy atom. The van der Waals surface area contributed by atoms with Crippen LogP contribution >= 0.6 is 0 Å². The maximum atomic E-state index is 12.3. The van der Waals surface area contributed by atoms with E-state index < -0.39 is 5.92 Å². The van der Waals surface area contributed by atoms with Crippen molar-refractivity contribution < 1.29 is 19.1 Å². The van der Waals surface area contributed by atoms with E-state index in [4.69, 9.17) is 4.74 Å². The molecule has 1 aliphatic heterocycles. The van der Waals surface area contributed by atoms with Crippen molar-refractivity contribution in [1.82, 2.24) is 15.6 Å². The summed E-state index contributed by atoms with van der Waals surface area (Å²) < 4.78 is 5.11. The van der Waals surface area contributed by atoms with E-state index in [1.165, 1.54) is 0 Å². The Morgan fingerprint density at radius 3 is 2.68 bits per heavy atom. The minimum absolute atomic E-state index is 0.119. The van der Waals surface area contributed by atoms with Crippen molar-refractivity contribution in [3.8, 4) is 5.75 Å². The zero-order valence-electron chi connectivity index (χ0n) is 15.6. The molecule has 1 aromatic carbocycles. The summed E-state index contributed by atoms with van der Waals surface area (Å²) in [4.78, 5) is 42.1. The van der Waals surface area contributed by atoms with Crippen molar-refractivity contribution in [2.24, 2.45) is 5.92 Å². The molecule has 3 rings (SSSR count). The van der Waals surface area contributed by atoms with Gasteiger partial charge in [-0.2, -0.15) is 0 Å². The smallest absolute Gasteiger partial charge is 0.239 e. The van der Waals surface area contributed by atoms with E-state index in [1.54, 1.807) is 54.7 Å². The summed E-state index contributed by atoms with van der Waals surface area (Å²) in [7, 11) is 1.57. The molecule has 1 aliphatic rings. The van der Waals surface area contributed by atoms with Crippen LogP contribution in [-0.4, -0.2) is 42.9 Å². The molecule has 0 saturated carbocycles. The second-order valence-electron chi connectivity index (χ2n) is 6.46. The van der Waals surface area contributed by atoms with E-state index in [0.29, 0.717) is 12.3 Å². The van der Waals surface area contributed by atoms with Crippen LogP contribution in [0.15, 0.2) is 48.8 Å². The van der Waals surface area contributed by atoms with Crippen LogP contribution in [0.5, 0.6) is 5.75 Å². The summed E-state index contributed by atoms with van der Waals surface area (Å²) in [6, 6.07) is 10.7. The molecule has 28 heavy (non-hydrogen) atoms. The van der Waals surface area contributed by atoms with Gasteiger partial charge in [0.1, 0.15) is 5.75 Å². The van der Waals surface area contributed by atoms with Crippen molar-refractivity contribution in [2.45, 2.75) is 13.0 Å². The average Bonchev–Trinajstić information content (AvgIpc) is 3.13. The van der Waals surface area contributed by atoms with Crippen molar-refractivity contribution in [3.05, 3.63) is 54.4 Å². The zero-order chi connectivity index (χ0) is 19.9. The largest absolute Gasteiger partial charge is 0.497 e. The Balaban J connectivity index is 1.46. The van der Waals surface area contributed by atoms with Crippen LogP contribution in [0.1, 0.15) is 12.0 Å². The van der Waals surface area contributed by atoms with Crippen LogP contribution in [0.4, 0.5) is 5.69 Å². The summed E-state index contributed by atoms with van der Waals surface area (Å²) in [5.41, 5.74) is 1.59. The number of rotatable bonds is 7. The Hall–Kier alpha value is -3.42. The highest BCUT2D eigenvalue weighted by atomic mass is 16.5. The van der Waals surface area contributed by atoms with E-state index in [1.807, 2.05) is 6.07 Å². The summed E-state index contributed by atoms with van der Waals surface area (Å²) in [5.74, 6) is -0.511. The number of nitrogens with zero attached hydrogens (tertiary/aromatic N) is 2. The van der Waals surface area contributed by atoms with Crippen molar-refractivity contribution in [1.29, 1.82) is 0 Å². The fourth-order valence-electron chi connectivity index (χ4n) is 2.97. The maximum Gasteiger partial charge on any atom is 0.239 e. The number of nitrogens with one attached hydrogen (secondary N) is 2. The van der Waals surface area contributed by atoms with E-state index in [9.17, 15) is 14.4 Å². The molecule has 0 radical (unpaired) electrons. The summed E-state index contributed by atoms with van der Waals surface area (Å²) in [6.45, 7) is 0.496. The number of methoxy groups -OCH3 is 1. The first-order valence-corrected chi connectivity index (χ1v) is 8.94. The first-order chi connectivity index (χ1) is 13.6. The quantitative estimate of drug-likeness (QED) is 0.740. The van der Waals surface area contributed by atoms with Gasteiger partial charge in [0.05, 0.1) is 19.6 Å². The lowest BCUT2D eigenvalue weighted by Crippen LogP contribution is -2.40. The van der Waals surface area contributed by atoms with Gasteiger partial charge in [-0.3, -0.25) is 19.4 Å². The number of carbonyl (C=O) groups is 3. The topological polar surface area (TPSA) is 101 Å². The molecule has 2 N–H and O–H groups in total. The van der Waals surface area contributed by atoms with E-state index in [-0.39, 0.29) is 37.2 Å². The molecular formula is C20H22N4O4. The zero-order valence-corrected chi connectivity index (χ0v) is 15.6.